The molecule has 6 nitrogen and oxygen atoms in total. The maximum atomic E-state index is 11.7. The lowest BCUT2D eigenvalue weighted by molar-refractivity contribution is 0.0672. The zero-order valence-electron chi connectivity index (χ0n) is 11.6. The van der Waals surface area contributed by atoms with Crippen LogP contribution in [0.25, 0.3) is 0 Å². The van der Waals surface area contributed by atoms with Crippen LogP contribution >= 0.6 is 0 Å². The van der Waals surface area contributed by atoms with Crippen molar-refractivity contribution in [1.29, 1.82) is 0 Å². The van der Waals surface area contributed by atoms with E-state index in [4.69, 9.17) is 10.5 Å². The van der Waals surface area contributed by atoms with E-state index in [1.54, 1.807) is 0 Å². The average Bonchev–Trinajstić information content (AvgIpc) is 2.49. The van der Waals surface area contributed by atoms with Gasteiger partial charge in [0.1, 0.15) is 6.61 Å². The van der Waals surface area contributed by atoms with Crippen molar-refractivity contribution in [2.45, 2.75) is 6.61 Å². The smallest absolute Gasteiger partial charge is 0.422 e. The second-order valence-corrected chi connectivity index (χ2v) is 4.79. The molecule has 1 saturated heterocycles. The van der Waals surface area contributed by atoms with Gasteiger partial charge < -0.3 is 10.5 Å². The number of carbonyl (C=O) groups is 1. The fraction of sp³-hybridized carbons (Fsp3) is 0.500. The standard InChI is InChI=1S/C14H22N4O2/c15-6-7-17-8-10-18(11-9-17)16-14(19)20-12-13-4-2-1-3-5-13/h1-5H,6-12,15H2,(H,16,19). The second kappa shape index (κ2) is 7.84. The van der Waals surface area contributed by atoms with Crippen LogP contribution in [-0.2, 0) is 11.3 Å². The molecule has 1 aliphatic rings. The fourth-order valence-electron chi connectivity index (χ4n) is 2.15. The summed E-state index contributed by atoms with van der Waals surface area (Å²) in [7, 11) is 0. The maximum Gasteiger partial charge on any atom is 0.422 e. The van der Waals surface area contributed by atoms with Crippen molar-refractivity contribution in [2.75, 3.05) is 39.3 Å². The first-order chi connectivity index (χ1) is 9.78. The first kappa shape index (κ1) is 14.8. The molecule has 1 amide bonds. The van der Waals surface area contributed by atoms with Crippen LogP contribution in [0.4, 0.5) is 4.79 Å². The summed E-state index contributed by atoms with van der Waals surface area (Å²) < 4.78 is 5.18. The quantitative estimate of drug-likeness (QED) is 0.816. The number of ether oxygens (including phenoxy) is 1. The van der Waals surface area contributed by atoms with Crippen molar-refractivity contribution < 1.29 is 9.53 Å². The van der Waals surface area contributed by atoms with Crippen molar-refractivity contribution in [3.63, 3.8) is 0 Å². The molecule has 1 aromatic carbocycles. The second-order valence-electron chi connectivity index (χ2n) is 4.79. The highest BCUT2D eigenvalue weighted by Crippen LogP contribution is 2.02. The number of rotatable bonds is 5. The molecule has 2 rings (SSSR count). The summed E-state index contributed by atoms with van der Waals surface area (Å²) in [6.07, 6.45) is -0.402. The number of carbonyl (C=O) groups excluding carboxylic acids is 1. The molecule has 110 valence electrons. The number of nitrogens with one attached hydrogen (secondary N) is 1. The van der Waals surface area contributed by atoms with Gasteiger partial charge in [0.05, 0.1) is 0 Å². The summed E-state index contributed by atoms with van der Waals surface area (Å²) in [6, 6.07) is 9.64. The van der Waals surface area contributed by atoms with Gasteiger partial charge in [-0.15, -0.1) is 0 Å². The minimum absolute atomic E-state index is 0.291. The van der Waals surface area contributed by atoms with Crippen LogP contribution in [-0.4, -0.2) is 55.3 Å². The van der Waals surface area contributed by atoms with Crippen LogP contribution < -0.4 is 11.2 Å². The topological polar surface area (TPSA) is 70.8 Å². The monoisotopic (exact) mass is 278 g/mol. The number of piperazine rings is 1. The van der Waals surface area contributed by atoms with Crippen LogP contribution in [0.15, 0.2) is 30.3 Å². The molecule has 1 fully saturated rings. The number of hydrazine groups is 1. The molecule has 0 saturated carbocycles. The average molecular weight is 278 g/mol. The number of hydrogen-bond acceptors (Lipinski definition) is 5. The molecule has 0 radical (unpaired) electrons. The third-order valence-corrected chi connectivity index (χ3v) is 3.28. The van der Waals surface area contributed by atoms with E-state index < -0.39 is 6.09 Å². The van der Waals surface area contributed by atoms with Gasteiger partial charge in [-0.2, -0.15) is 0 Å². The SMILES string of the molecule is NCCN1CCN(NC(=O)OCc2ccccc2)CC1. The van der Waals surface area contributed by atoms with Gasteiger partial charge in [-0.05, 0) is 5.56 Å². The predicted molar refractivity (Wildman–Crippen MR) is 76.8 cm³/mol. The van der Waals surface area contributed by atoms with E-state index in [-0.39, 0.29) is 0 Å². The van der Waals surface area contributed by atoms with Gasteiger partial charge in [0.2, 0.25) is 0 Å². The Bertz CT molecular complexity index is 405. The summed E-state index contributed by atoms with van der Waals surface area (Å²) in [5.74, 6) is 0. The Balaban J connectivity index is 1.65. The highest BCUT2D eigenvalue weighted by molar-refractivity contribution is 5.66. The first-order valence-corrected chi connectivity index (χ1v) is 6.92. The molecule has 3 N–H and O–H groups in total. The number of nitrogens with two attached hydrogens (primary N) is 1. The Morgan fingerprint density at radius 1 is 1.20 bits per heavy atom. The third-order valence-electron chi connectivity index (χ3n) is 3.28. The lowest BCUT2D eigenvalue weighted by Crippen LogP contribution is -2.54. The Hall–Kier alpha value is -1.63. The van der Waals surface area contributed by atoms with E-state index in [2.05, 4.69) is 10.3 Å². The van der Waals surface area contributed by atoms with E-state index in [9.17, 15) is 4.79 Å². The van der Waals surface area contributed by atoms with Crippen LogP contribution in [0.3, 0.4) is 0 Å². The van der Waals surface area contributed by atoms with Gasteiger partial charge in [0, 0.05) is 39.3 Å². The minimum Gasteiger partial charge on any atom is -0.444 e. The number of benzene rings is 1. The van der Waals surface area contributed by atoms with Gasteiger partial charge in [0.15, 0.2) is 0 Å². The van der Waals surface area contributed by atoms with Gasteiger partial charge in [-0.3, -0.25) is 10.3 Å². The van der Waals surface area contributed by atoms with Crippen LogP contribution in [0.1, 0.15) is 5.56 Å². The molecule has 1 aromatic rings. The summed E-state index contributed by atoms with van der Waals surface area (Å²) in [4.78, 5) is 14.0. The highest BCUT2D eigenvalue weighted by Gasteiger charge is 2.18. The molecule has 0 spiro atoms. The summed E-state index contributed by atoms with van der Waals surface area (Å²) in [5, 5.41) is 1.89. The van der Waals surface area contributed by atoms with Crippen molar-refractivity contribution in [1.82, 2.24) is 15.3 Å². The molecule has 1 heterocycles. The first-order valence-electron chi connectivity index (χ1n) is 6.92. The molecule has 0 aliphatic carbocycles. The van der Waals surface area contributed by atoms with Crippen LogP contribution in [0, 0.1) is 0 Å². The van der Waals surface area contributed by atoms with Crippen LogP contribution in [0.2, 0.25) is 0 Å². The van der Waals surface area contributed by atoms with E-state index >= 15 is 0 Å². The maximum absolute atomic E-state index is 11.7. The largest absolute Gasteiger partial charge is 0.444 e. The zero-order valence-corrected chi connectivity index (χ0v) is 11.6. The lowest BCUT2D eigenvalue weighted by atomic mass is 10.2. The van der Waals surface area contributed by atoms with Crippen LogP contribution in [0.5, 0.6) is 0 Å². The fourth-order valence-corrected chi connectivity index (χ4v) is 2.15. The van der Waals surface area contributed by atoms with E-state index in [0.29, 0.717) is 13.2 Å². The number of hydrogen-bond donors (Lipinski definition) is 2. The Morgan fingerprint density at radius 2 is 1.90 bits per heavy atom. The Labute approximate surface area is 119 Å². The molecule has 0 atom stereocenters. The summed E-state index contributed by atoms with van der Waals surface area (Å²) in [6.45, 7) is 5.28. The van der Waals surface area contributed by atoms with Crippen molar-refractivity contribution in [3.05, 3.63) is 35.9 Å². The zero-order chi connectivity index (χ0) is 14.2. The molecule has 20 heavy (non-hydrogen) atoms. The normalized spacial score (nSPS) is 16.9. The minimum atomic E-state index is -0.402. The van der Waals surface area contributed by atoms with Gasteiger partial charge in [0.25, 0.3) is 0 Å². The molecular formula is C14H22N4O2. The number of nitrogens with zero attached hydrogens (tertiary/aromatic N) is 2. The van der Waals surface area contributed by atoms with E-state index in [0.717, 1.165) is 38.3 Å². The molecule has 6 heteroatoms. The van der Waals surface area contributed by atoms with E-state index in [1.165, 1.54) is 0 Å². The van der Waals surface area contributed by atoms with Gasteiger partial charge in [-0.25, -0.2) is 9.80 Å². The molecular weight excluding hydrogens is 256 g/mol. The molecule has 0 bridgehead atoms. The number of amides is 1. The summed E-state index contributed by atoms with van der Waals surface area (Å²) >= 11 is 0. The van der Waals surface area contributed by atoms with Gasteiger partial charge >= 0.3 is 6.09 Å². The molecule has 1 aliphatic heterocycles. The molecule has 0 unspecified atom stereocenters. The Morgan fingerprint density at radius 3 is 2.55 bits per heavy atom. The lowest BCUT2D eigenvalue weighted by Gasteiger charge is -2.34. The van der Waals surface area contributed by atoms with Crippen molar-refractivity contribution in [2.24, 2.45) is 5.73 Å². The predicted octanol–water partition coefficient (Wildman–Crippen LogP) is 0.404. The van der Waals surface area contributed by atoms with Crippen molar-refractivity contribution >= 4 is 6.09 Å². The van der Waals surface area contributed by atoms with Crippen molar-refractivity contribution in [3.8, 4) is 0 Å². The third kappa shape index (κ3) is 4.80. The molecule has 0 aromatic heterocycles. The summed E-state index contributed by atoms with van der Waals surface area (Å²) in [5.41, 5.74) is 9.27. The van der Waals surface area contributed by atoms with E-state index in [1.807, 2.05) is 35.3 Å². The highest BCUT2D eigenvalue weighted by atomic mass is 16.6. The Kier molecular flexibility index (Phi) is 5.79. The van der Waals surface area contributed by atoms with Gasteiger partial charge in [-0.1, -0.05) is 30.3 Å².